The molecule has 104 valence electrons. The number of aliphatic hydroxyl groups is 1. The largest absolute Gasteiger partial charge is 0.380 e. The number of hydrogen-bond acceptors (Lipinski definition) is 4. The molecule has 0 bridgehead atoms. The van der Waals surface area contributed by atoms with E-state index in [0.29, 0.717) is 13.2 Å². The molecular formula is C12H27O4P. The molecule has 0 heterocycles. The Bertz CT molecular complexity index is 223. The standard InChI is InChI=1S/C12H27O4P/c1-5-9-10-11(6-2)12(13)17(14,15-7-3)16-8-4/h11-13H,5-10H2,1-4H3/t11-,12-/m0/s1. The number of unbranched alkanes of at least 4 members (excludes halogenated alkanes) is 1. The van der Waals surface area contributed by atoms with Crippen molar-refractivity contribution in [1.29, 1.82) is 0 Å². The molecule has 0 spiro atoms. The lowest BCUT2D eigenvalue weighted by Gasteiger charge is -2.28. The quantitative estimate of drug-likeness (QED) is 0.611. The Morgan fingerprint density at radius 2 is 1.65 bits per heavy atom. The highest BCUT2D eigenvalue weighted by Gasteiger charge is 2.38. The van der Waals surface area contributed by atoms with E-state index in [9.17, 15) is 9.67 Å². The van der Waals surface area contributed by atoms with Gasteiger partial charge < -0.3 is 14.2 Å². The molecule has 2 atom stereocenters. The van der Waals surface area contributed by atoms with Crippen LogP contribution in [0.1, 0.15) is 53.4 Å². The van der Waals surface area contributed by atoms with E-state index in [1.165, 1.54) is 0 Å². The number of rotatable bonds is 10. The normalized spacial score (nSPS) is 15.8. The van der Waals surface area contributed by atoms with Gasteiger partial charge in [-0.1, -0.05) is 33.1 Å². The first kappa shape index (κ1) is 17.1. The van der Waals surface area contributed by atoms with Gasteiger partial charge in [0.1, 0.15) is 0 Å². The van der Waals surface area contributed by atoms with Crippen LogP contribution in [0, 0.1) is 5.92 Å². The average molecular weight is 266 g/mol. The molecule has 0 aliphatic heterocycles. The summed E-state index contributed by atoms with van der Waals surface area (Å²) in [5.41, 5.74) is 0. The summed E-state index contributed by atoms with van der Waals surface area (Å²) in [6, 6.07) is 0. The first-order valence-electron chi connectivity index (χ1n) is 6.62. The fourth-order valence-electron chi connectivity index (χ4n) is 1.84. The predicted molar refractivity (Wildman–Crippen MR) is 70.2 cm³/mol. The molecule has 1 N–H and O–H groups in total. The minimum absolute atomic E-state index is 0.0149. The Balaban J connectivity index is 4.65. The predicted octanol–water partition coefficient (Wildman–Crippen LogP) is 3.79. The smallest absolute Gasteiger partial charge is 0.359 e. The summed E-state index contributed by atoms with van der Waals surface area (Å²) in [6.45, 7) is 8.18. The Kier molecular flexibility index (Phi) is 9.15. The van der Waals surface area contributed by atoms with Gasteiger partial charge >= 0.3 is 7.60 Å². The highest BCUT2D eigenvalue weighted by atomic mass is 31.2. The summed E-state index contributed by atoms with van der Waals surface area (Å²) < 4.78 is 22.7. The van der Waals surface area contributed by atoms with Crippen molar-refractivity contribution in [3.63, 3.8) is 0 Å². The summed E-state index contributed by atoms with van der Waals surface area (Å²) in [6.07, 6.45) is 3.73. The maximum Gasteiger partial charge on any atom is 0.359 e. The van der Waals surface area contributed by atoms with Crippen LogP contribution >= 0.6 is 7.60 Å². The van der Waals surface area contributed by atoms with Gasteiger partial charge in [-0.2, -0.15) is 0 Å². The SMILES string of the molecule is CCCC[C@H](CC)[C@@H](O)P(=O)(OCC)OCC. The van der Waals surface area contributed by atoms with Crippen molar-refractivity contribution >= 4 is 7.60 Å². The van der Waals surface area contributed by atoms with Gasteiger partial charge in [0.25, 0.3) is 0 Å². The van der Waals surface area contributed by atoms with Crippen LogP contribution in [-0.4, -0.2) is 24.2 Å². The molecule has 0 radical (unpaired) electrons. The molecule has 0 aromatic heterocycles. The topological polar surface area (TPSA) is 55.8 Å². The highest BCUT2D eigenvalue weighted by Crippen LogP contribution is 2.55. The summed E-state index contributed by atoms with van der Waals surface area (Å²) >= 11 is 0. The first-order chi connectivity index (χ1) is 8.05. The summed E-state index contributed by atoms with van der Waals surface area (Å²) in [7, 11) is -3.37. The van der Waals surface area contributed by atoms with E-state index in [0.717, 1.165) is 25.7 Å². The summed E-state index contributed by atoms with van der Waals surface area (Å²) in [4.78, 5) is 0. The number of hydrogen-bond donors (Lipinski definition) is 1. The monoisotopic (exact) mass is 266 g/mol. The van der Waals surface area contributed by atoms with Crippen LogP contribution in [0.5, 0.6) is 0 Å². The average Bonchev–Trinajstić information content (AvgIpc) is 2.30. The van der Waals surface area contributed by atoms with Crippen molar-refractivity contribution < 1.29 is 18.7 Å². The van der Waals surface area contributed by atoms with Gasteiger partial charge in [-0.25, -0.2) is 0 Å². The van der Waals surface area contributed by atoms with Crippen molar-refractivity contribution in [2.75, 3.05) is 13.2 Å². The van der Waals surface area contributed by atoms with E-state index in [1.807, 2.05) is 6.92 Å². The lowest BCUT2D eigenvalue weighted by atomic mass is 10.0. The van der Waals surface area contributed by atoms with Gasteiger partial charge in [-0.3, -0.25) is 4.57 Å². The van der Waals surface area contributed by atoms with E-state index >= 15 is 0 Å². The molecule has 0 amide bonds. The lowest BCUT2D eigenvalue weighted by Crippen LogP contribution is -2.22. The zero-order valence-electron chi connectivity index (χ0n) is 11.5. The second-order valence-electron chi connectivity index (χ2n) is 4.10. The molecule has 0 aromatic carbocycles. The fraction of sp³-hybridized carbons (Fsp3) is 1.00. The molecule has 5 heteroatoms. The van der Waals surface area contributed by atoms with Gasteiger partial charge in [-0.05, 0) is 26.2 Å². The molecule has 4 nitrogen and oxygen atoms in total. The highest BCUT2D eigenvalue weighted by molar-refractivity contribution is 7.54. The van der Waals surface area contributed by atoms with Gasteiger partial charge in [-0.15, -0.1) is 0 Å². The van der Waals surface area contributed by atoms with Crippen molar-refractivity contribution in [2.24, 2.45) is 5.92 Å². The molecule has 0 saturated heterocycles. The molecule has 0 fully saturated rings. The molecule has 0 saturated carbocycles. The fourth-order valence-corrected chi connectivity index (χ4v) is 3.81. The van der Waals surface area contributed by atoms with Crippen molar-refractivity contribution in [3.05, 3.63) is 0 Å². The van der Waals surface area contributed by atoms with Crippen LogP contribution in [0.2, 0.25) is 0 Å². The Labute approximate surface area is 105 Å². The van der Waals surface area contributed by atoms with E-state index in [4.69, 9.17) is 9.05 Å². The Morgan fingerprint density at radius 1 is 1.12 bits per heavy atom. The van der Waals surface area contributed by atoms with Crippen LogP contribution in [0.15, 0.2) is 0 Å². The summed E-state index contributed by atoms with van der Waals surface area (Å²) in [5.74, 6) is -1.02. The third-order valence-electron chi connectivity index (χ3n) is 2.82. The van der Waals surface area contributed by atoms with Crippen LogP contribution < -0.4 is 0 Å². The van der Waals surface area contributed by atoms with Gasteiger partial charge in [0.2, 0.25) is 0 Å². The van der Waals surface area contributed by atoms with Crippen LogP contribution in [0.25, 0.3) is 0 Å². The van der Waals surface area contributed by atoms with Crippen LogP contribution in [0.3, 0.4) is 0 Å². The minimum Gasteiger partial charge on any atom is -0.380 e. The van der Waals surface area contributed by atoms with Crippen molar-refractivity contribution in [3.8, 4) is 0 Å². The second-order valence-corrected chi connectivity index (χ2v) is 6.22. The van der Waals surface area contributed by atoms with E-state index in [2.05, 4.69) is 6.92 Å². The molecule has 17 heavy (non-hydrogen) atoms. The molecule has 0 aliphatic carbocycles. The van der Waals surface area contributed by atoms with Gasteiger partial charge in [0.05, 0.1) is 13.2 Å². The van der Waals surface area contributed by atoms with Crippen LogP contribution in [-0.2, 0) is 13.6 Å². The maximum atomic E-state index is 12.4. The van der Waals surface area contributed by atoms with Crippen LogP contribution in [0.4, 0.5) is 0 Å². The lowest BCUT2D eigenvalue weighted by molar-refractivity contribution is 0.106. The van der Waals surface area contributed by atoms with Gasteiger partial charge in [0, 0.05) is 0 Å². The van der Waals surface area contributed by atoms with Gasteiger partial charge in [0.15, 0.2) is 5.85 Å². The molecule has 0 aromatic rings. The zero-order chi connectivity index (χ0) is 13.3. The van der Waals surface area contributed by atoms with E-state index in [1.54, 1.807) is 13.8 Å². The molecule has 0 unspecified atom stereocenters. The van der Waals surface area contributed by atoms with E-state index in [-0.39, 0.29) is 5.92 Å². The third-order valence-corrected chi connectivity index (χ3v) is 5.12. The first-order valence-corrected chi connectivity index (χ1v) is 8.23. The zero-order valence-corrected chi connectivity index (χ0v) is 12.4. The van der Waals surface area contributed by atoms with Crippen molar-refractivity contribution in [1.82, 2.24) is 0 Å². The molecule has 0 aliphatic rings. The molecular weight excluding hydrogens is 239 g/mol. The third kappa shape index (κ3) is 5.52. The number of aliphatic hydroxyl groups excluding tert-OH is 1. The van der Waals surface area contributed by atoms with E-state index < -0.39 is 13.4 Å². The molecule has 0 rings (SSSR count). The van der Waals surface area contributed by atoms with Crippen molar-refractivity contribution in [2.45, 2.75) is 59.2 Å². The Morgan fingerprint density at radius 3 is 2.00 bits per heavy atom. The minimum atomic E-state index is -3.37. The Hall–Kier alpha value is 0.110. The maximum absolute atomic E-state index is 12.4. The second kappa shape index (κ2) is 9.09. The summed E-state index contributed by atoms with van der Waals surface area (Å²) in [5, 5.41) is 10.2.